The summed E-state index contributed by atoms with van der Waals surface area (Å²) >= 11 is 0. The molecule has 1 N–H and O–H groups in total. The van der Waals surface area contributed by atoms with E-state index in [0.29, 0.717) is 12.0 Å². The maximum atomic E-state index is 11.0. The number of amides is 1. The van der Waals surface area contributed by atoms with Crippen LogP contribution in [0.25, 0.3) is 0 Å². The van der Waals surface area contributed by atoms with Crippen molar-refractivity contribution in [2.45, 2.75) is 18.9 Å². The van der Waals surface area contributed by atoms with Crippen molar-refractivity contribution in [3.63, 3.8) is 0 Å². The number of benzene rings is 1. The molecule has 0 saturated carbocycles. The van der Waals surface area contributed by atoms with Crippen molar-refractivity contribution in [1.29, 1.82) is 0 Å². The van der Waals surface area contributed by atoms with Gasteiger partial charge in [0.15, 0.2) is 7.85 Å². The van der Waals surface area contributed by atoms with Gasteiger partial charge >= 0.3 is 0 Å². The Hall–Kier alpha value is -1.58. The van der Waals surface area contributed by atoms with Gasteiger partial charge in [-0.15, -0.1) is 0 Å². The van der Waals surface area contributed by atoms with Crippen molar-refractivity contribution < 1.29 is 9.59 Å². The predicted molar refractivity (Wildman–Crippen MR) is 56.6 cm³/mol. The van der Waals surface area contributed by atoms with Crippen LogP contribution in [-0.2, 0) is 4.79 Å². The molecule has 4 heteroatoms. The number of carbonyl (C=O) groups is 2. The molecule has 1 atom stereocenters. The minimum Gasteiger partial charge on any atom is -0.349 e. The first kappa shape index (κ1) is 9.96. The first-order valence-corrected chi connectivity index (χ1v) is 4.86. The van der Waals surface area contributed by atoms with Crippen molar-refractivity contribution in [2.24, 2.45) is 0 Å². The Balaban J connectivity index is 2.17. The van der Waals surface area contributed by atoms with Gasteiger partial charge in [0, 0.05) is 12.0 Å². The fourth-order valence-corrected chi connectivity index (χ4v) is 1.74. The topological polar surface area (TPSA) is 46.2 Å². The maximum Gasteiger partial charge on any atom is 0.220 e. The molecule has 1 aromatic carbocycles. The molecule has 1 aliphatic rings. The number of carbonyl (C=O) groups excluding carboxylic acids is 2. The molecule has 0 spiro atoms. The largest absolute Gasteiger partial charge is 0.349 e. The predicted octanol–water partition coefficient (Wildman–Crippen LogP) is 0.946. The van der Waals surface area contributed by atoms with E-state index >= 15 is 0 Å². The van der Waals surface area contributed by atoms with Crippen LogP contribution in [0.2, 0.25) is 0 Å². The monoisotopic (exact) mass is 199 g/mol. The normalized spacial score (nSPS) is 20.0. The highest BCUT2D eigenvalue weighted by atomic mass is 16.2. The highest BCUT2D eigenvalue weighted by Crippen LogP contribution is 2.23. The smallest absolute Gasteiger partial charge is 0.220 e. The fourth-order valence-electron chi connectivity index (χ4n) is 1.74. The Morgan fingerprint density at radius 3 is 2.47 bits per heavy atom. The van der Waals surface area contributed by atoms with E-state index in [1.54, 1.807) is 12.1 Å². The Bertz CT molecular complexity index is 400. The molecule has 0 bridgehead atoms. The molecule has 1 unspecified atom stereocenters. The van der Waals surface area contributed by atoms with E-state index in [1.165, 1.54) is 0 Å². The van der Waals surface area contributed by atoms with E-state index in [2.05, 4.69) is 5.32 Å². The molecule has 0 aromatic heterocycles. The molecule has 15 heavy (non-hydrogen) atoms. The summed E-state index contributed by atoms with van der Waals surface area (Å²) in [6.07, 6.45) is 1.39. The molecule has 74 valence electrons. The van der Waals surface area contributed by atoms with E-state index in [0.717, 1.165) is 12.0 Å². The zero-order chi connectivity index (χ0) is 10.8. The summed E-state index contributed by atoms with van der Waals surface area (Å²) < 4.78 is 0. The van der Waals surface area contributed by atoms with Gasteiger partial charge < -0.3 is 10.1 Å². The summed E-state index contributed by atoms with van der Waals surface area (Å²) in [7, 11) is 5.13. The molecule has 1 heterocycles. The summed E-state index contributed by atoms with van der Waals surface area (Å²) in [5.74, 6) is 0.0824. The van der Waals surface area contributed by atoms with Gasteiger partial charge in [-0.1, -0.05) is 24.3 Å². The minimum absolute atomic E-state index is 0.0824. The molecule has 1 fully saturated rings. The maximum absolute atomic E-state index is 11.0. The average Bonchev–Trinajstić information content (AvgIpc) is 2.65. The van der Waals surface area contributed by atoms with Crippen LogP contribution in [0, 0.1) is 0 Å². The van der Waals surface area contributed by atoms with Crippen LogP contribution < -0.4 is 5.32 Å². The third kappa shape index (κ3) is 2.09. The van der Waals surface area contributed by atoms with E-state index in [-0.39, 0.29) is 11.9 Å². The Labute approximate surface area is 89.3 Å². The van der Waals surface area contributed by atoms with Crippen molar-refractivity contribution >= 4 is 19.4 Å². The summed E-state index contributed by atoms with van der Waals surface area (Å²) in [5, 5.41) is 2.86. The Morgan fingerprint density at radius 1 is 1.33 bits per heavy atom. The van der Waals surface area contributed by atoms with Crippen molar-refractivity contribution in [3.05, 3.63) is 35.4 Å². The number of rotatable bonds is 2. The molecule has 2 radical (unpaired) electrons. The first-order chi connectivity index (χ1) is 7.16. The summed E-state index contributed by atoms with van der Waals surface area (Å²) in [6, 6.07) is 7.11. The number of hydrogen-bond acceptors (Lipinski definition) is 2. The molecule has 2 rings (SSSR count). The molecule has 1 saturated heterocycles. The van der Waals surface area contributed by atoms with Crippen LogP contribution in [0.4, 0.5) is 0 Å². The van der Waals surface area contributed by atoms with Gasteiger partial charge in [-0.25, -0.2) is 0 Å². The van der Waals surface area contributed by atoms with Crippen molar-refractivity contribution in [3.8, 4) is 0 Å². The lowest BCUT2D eigenvalue weighted by Crippen LogP contribution is -2.18. The van der Waals surface area contributed by atoms with Crippen LogP contribution in [0.1, 0.15) is 34.8 Å². The lowest BCUT2D eigenvalue weighted by molar-refractivity contribution is -0.119. The third-order valence-electron chi connectivity index (χ3n) is 2.59. The highest BCUT2D eigenvalue weighted by Gasteiger charge is 2.21. The van der Waals surface area contributed by atoms with Crippen LogP contribution in [0.5, 0.6) is 0 Å². The second-order valence-electron chi connectivity index (χ2n) is 3.65. The summed E-state index contributed by atoms with van der Waals surface area (Å²) in [6.45, 7) is 0. The summed E-state index contributed by atoms with van der Waals surface area (Å²) in [5.41, 5.74) is 1.07. The van der Waals surface area contributed by atoms with E-state index in [4.69, 9.17) is 7.85 Å². The van der Waals surface area contributed by atoms with Crippen LogP contribution in [0.3, 0.4) is 0 Å². The molecule has 0 aliphatic carbocycles. The van der Waals surface area contributed by atoms with Crippen molar-refractivity contribution in [1.82, 2.24) is 5.32 Å². The van der Waals surface area contributed by atoms with Gasteiger partial charge in [-0.3, -0.25) is 4.79 Å². The third-order valence-corrected chi connectivity index (χ3v) is 2.59. The highest BCUT2D eigenvalue weighted by molar-refractivity contribution is 6.62. The number of nitrogens with one attached hydrogen (secondary N) is 1. The number of hydrogen-bond donors (Lipinski definition) is 1. The molecule has 1 amide bonds. The Kier molecular flexibility index (Phi) is 2.58. The van der Waals surface area contributed by atoms with Gasteiger partial charge in [0.2, 0.25) is 5.91 Å². The van der Waals surface area contributed by atoms with Gasteiger partial charge in [0.05, 0.1) is 6.04 Å². The lowest BCUT2D eigenvalue weighted by Gasteiger charge is -2.10. The molecular weight excluding hydrogens is 189 g/mol. The van der Waals surface area contributed by atoms with Gasteiger partial charge in [-0.05, 0) is 12.0 Å². The van der Waals surface area contributed by atoms with Crippen LogP contribution in [0.15, 0.2) is 24.3 Å². The molecule has 1 aliphatic heterocycles. The Morgan fingerprint density at radius 2 is 2.00 bits per heavy atom. The quantitative estimate of drug-likeness (QED) is 0.720. The van der Waals surface area contributed by atoms with E-state index in [9.17, 15) is 9.59 Å². The van der Waals surface area contributed by atoms with Gasteiger partial charge in [0.1, 0.15) is 5.68 Å². The second-order valence-corrected chi connectivity index (χ2v) is 3.65. The van der Waals surface area contributed by atoms with Gasteiger partial charge in [-0.2, -0.15) is 0 Å². The van der Waals surface area contributed by atoms with Crippen molar-refractivity contribution in [2.75, 3.05) is 0 Å². The lowest BCUT2D eigenvalue weighted by atomic mass is 9.93. The fraction of sp³-hybridized carbons (Fsp3) is 0.273. The molecular formula is C11H10BNO2. The zero-order valence-electron chi connectivity index (χ0n) is 8.19. The average molecular weight is 199 g/mol. The van der Waals surface area contributed by atoms with Crippen LogP contribution in [-0.4, -0.2) is 19.4 Å². The minimum atomic E-state index is -0.433. The molecule has 1 aromatic rings. The van der Waals surface area contributed by atoms with Crippen LogP contribution >= 0.6 is 0 Å². The molecule has 3 nitrogen and oxygen atoms in total. The zero-order valence-corrected chi connectivity index (χ0v) is 8.19. The second kappa shape index (κ2) is 3.89. The first-order valence-electron chi connectivity index (χ1n) is 4.86. The van der Waals surface area contributed by atoms with E-state index in [1.807, 2.05) is 12.1 Å². The SMILES string of the molecule is [B]C(=O)c1ccc(C2CCC(=O)N2)cc1. The van der Waals surface area contributed by atoms with E-state index < -0.39 is 5.68 Å². The van der Waals surface area contributed by atoms with Gasteiger partial charge in [0.25, 0.3) is 0 Å². The summed E-state index contributed by atoms with van der Waals surface area (Å²) in [4.78, 5) is 21.9. The standard InChI is InChI=1S/C11H10BNO2/c12-11(15)8-3-1-7(2-4-8)9-5-6-10(14)13-9/h1-4,9H,5-6H2,(H,13,14).